The number of carbonyl (C=O) groups excluding carboxylic acids is 2. The highest BCUT2D eigenvalue weighted by molar-refractivity contribution is 5.99. The third kappa shape index (κ3) is 6.11. The molecule has 184 valence electrons. The molecule has 0 fully saturated rings. The largest absolute Gasteiger partial charge is 0.465 e. The van der Waals surface area contributed by atoms with Gasteiger partial charge in [-0.05, 0) is 61.1 Å². The highest BCUT2D eigenvalue weighted by Gasteiger charge is 2.28. The topological polar surface area (TPSA) is 73.6 Å². The first-order chi connectivity index (χ1) is 17.6. The molecule has 1 heterocycles. The molecule has 0 spiro atoms. The first-order valence-electron chi connectivity index (χ1n) is 12.4. The summed E-state index contributed by atoms with van der Waals surface area (Å²) < 4.78 is 5.27. The molecule has 1 aliphatic heterocycles. The zero-order chi connectivity index (χ0) is 25.3. The van der Waals surface area contributed by atoms with Gasteiger partial charge in [-0.15, -0.1) is 0 Å². The van der Waals surface area contributed by atoms with E-state index in [0.717, 1.165) is 40.9 Å². The van der Waals surface area contributed by atoms with Gasteiger partial charge in [-0.25, -0.2) is 0 Å². The highest BCUT2D eigenvalue weighted by Crippen LogP contribution is 2.38. The van der Waals surface area contributed by atoms with Crippen molar-refractivity contribution in [2.75, 3.05) is 29.5 Å². The molecule has 1 amide bonds. The number of fused-ring (bicyclic) bond motifs is 1. The number of nitriles is 1. The van der Waals surface area contributed by atoms with E-state index in [2.05, 4.69) is 12.1 Å². The first-order valence-corrected chi connectivity index (χ1v) is 12.4. The Morgan fingerprint density at radius 3 is 2.50 bits per heavy atom. The van der Waals surface area contributed by atoms with Crippen LogP contribution in [-0.4, -0.2) is 31.6 Å². The number of benzene rings is 3. The zero-order valence-electron chi connectivity index (χ0n) is 20.7. The number of aryl methyl sites for hydroxylation is 2. The van der Waals surface area contributed by atoms with Gasteiger partial charge < -0.3 is 14.5 Å². The second-order valence-corrected chi connectivity index (χ2v) is 8.89. The summed E-state index contributed by atoms with van der Waals surface area (Å²) in [6, 6.07) is 25.6. The van der Waals surface area contributed by atoms with Gasteiger partial charge in [-0.1, -0.05) is 54.6 Å². The van der Waals surface area contributed by atoms with E-state index >= 15 is 0 Å². The molecule has 0 saturated heterocycles. The second kappa shape index (κ2) is 12.0. The Morgan fingerprint density at radius 1 is 1.00 bits per heavy atom. The molecule has 0 N–H and O–H groups in total. The quantitative estimate of drug-likeness (QED) is 0.400. The molecule has 3 aromatic carbocycles. The van der Waals surface area contributed by atoms with E-state index in [0.29, 0.717) is 38.1 Å². The summed E-state index contributed by atoms with van der Waals surface area (Å²) in [4.78, 5) is 29.9. The lowest BCUT2D eigenvalue weighted by Gasteiger charge is -2.35. The standard InChI is InChI=1S/C30H31N3O3/c1-2-36-29(35)22-32(21-25-8-4-3-5-9-25)27-12-6-10-26-11-7-19-33(30(26)27)28(34)18-17-23-13-15-24(20-31)16-14-23/h3-6,8-10,12-16H,2,7,11,17-19,21-22H2,1H3. The maximum atomic E-state index is 13.5. The summed E-state index contributed by atoms with van der Waals surface area (Å²) >= 11 is 0. The summed E-state index contributed by atoms with van der Waals surface area (Å²) in [5.74, 6) is -0.232. The highest BCUT2D eigenvalue weighted by atomic mass is 16.5. The molecular weight excluding hydrogens is 450 g/mol. The Labute approximate surface area is 212 Å². The molecule has 1 aliphatic rings. The normalized spacial score (nSPS) is 12.4. The first kappa shape index (κ1) is 25.0. The smallest absolute Gasteiger partial charge is 0.325 e. The SMILES string of the molecule is CCOC(=O)CN(Cc1ccccc1)c1cccc2c1N(C(=O)CCc1ccc(C#N)cc1)CCC2. The van der Waals surface area contributed by atoms with E-state index in [1.54, 1.807) is 19.1 Å². The van der Waals surface area contributed by atoms with Gasteiger partial charge in [-0.3, -0.25) is 9.59 Å². The maximum Gasteiger partial charge on any atom is 0.325 e. The Bertz CT molecular complexity index is 1230. The van der Waals surface area contributed by atoms with Crippen LogP contribution in [0.2, 0.25) is 0 Å². The van der Waals surface area contributed by atoms with Crippen molar-refractivity contribution in [2.45, 2.75) is 39.2 Å². The van der Waals surface area contributed by atoms with Gasteiger partial charge in [-0.2, -0.15) is 5.26 Å². The third-order valence-corrected chi connectivity index (χ3v) is 6.39. The number of para-hydroxylation sites is 1. The van der Waals surface area contributed by atoms with Crippen molar-refractivity contribution in [2.24, 2.45) is 0 Å². The summed E-state index contributed by atoms with van der Waals surface area (Å²) in [6.07, 6.45) is 2.77. The summed E-state index contributed by atoms with van der Waals surface area (Å²) in [6.45, 7) is 3.41. The van der Waals surface area contributed by atoms with Crippen molar-refractivity contribution in [3.63, 3.8) is 0 Å². The van der Waals surface area contributed by atoms with Crippen LogP contribution in [0.4, 0.5) is 11.4 Å². The molecule has 0 radical (unpaired) electrons. The van der Waals surface area contributed by atoms with Gasteiger partial charge in [0.25, 0.3) is 0 Å². The van der Waals surface area contributed by atoms with Crippen molar-refractivity contribution in [1.82, 2.24) is 0 Å². The predicted molar refractivity (Wildman–Crippen MR) is 141 cm³/mol. The Hall–Kier alpha value is -4.11. The molecule has 36 heavy (non-hydrogen) atoms. The molecule has 6 nitrogen and oxygen atoms in total. The molecular formula is C30H31N3O3. The van der Waals surface area contributed by atoms with Crippen molar-refractivity contribution < 1.29 is 14.3 Å². The number of amides is 1. The van der Waals surface area contributed by atoms with Crippen molar-refractivity contribution in [3.05, 3.63) is 95.1 Å². The molecule has 4 rings (SSSR count). The van der Waals surface area contributed by atoms with Crippen LogP contribution in [0.15, 0.2) is 72.8 Å². The fourth-order valence-corrected chi connectivity index (χ4v) is 4.66. The predicted octanol–water partition coefficient (Wildman–Crippen LogP) is 5.04. The van der Waals surface area contributed by atoms with Gasteiger partial charge in [0.1, 0.15) is 6.54 Å². The molecule has 0 bridgehead atoms. The Balaban J connectivity index is 1.61. The van der Waals surface area contributed by atoms with Crippen LogP contribution in [0.1, 0.15) is 42.0 Å². The van der Waals surface area contributed by atoms with Gasteiger partial charge in [0, 0.05) is 19.5 Å². The minimum atomic E-state index is -0.291. The maximum absolute atomic E-state index is 13.5. The monoisotopic (exact) mass is 481 g/mol. The summed E-state index contributed by atoms with van der Waals surface area (Å²) in [5, 5.41) is 9.01. The van der Waals surface area contributed by atoms with Gasteiger partial charge in [0.05, 0.1) is 29.6 Å². The van der Waals surface area contributed by atoms with E-state index in [1.807, 2.05) is 64.4 Å². The molecule has 0 atom stereocenters. The van der Waals surface area contributed by atoms with Crippen LogP contribution in [0.25, 0.3) is 0 Å². The number of hydrogen-bond donors (Lipinski definition) is 0. The van der Waals surface area contributed by atoms with Crippen LogP contribution in [-0.2, 0) is 33.7 Å². The molecule has 0 aromatic heterocycles. The number of anilines is 2. The number of hydrogen-bond acceptors (Lipinski definition) is 5. The number of carbonyl (C=O) groups is 2. The molecule has 0 saturated carbocycles. The van der Waals surface area contributed by atoms with Crippen LogP contribution in [0.3, 0.4) is 0 Å². The molecule has 0 aliphatic carbocycles. The van der Waals surface area contributed by atoms with Crippen LogP contribution < -0.4 is 9.80 Å². The van der Waals surface area contributed by atoms with Crippen molar-refractivity contribution in [1.29, 1.82) is 5.26 Å². The second-order valence-electron chi connectivity index (χ2n) is 8.89. The lowest BCUT2D eigenvalue weighted by molar-refractivity contribution is -0.141. The molecule has 3 aromatic rings. The van der Waals surface area contributed by atoms with E-state index in [9.17, 15) is 9.59 Å². The number of esters is 1. The van der Waals surface area contributed by atoms with Crippen LogP contribution in [0, 0.1) is 11.3 Å². The average Bonchev–Trinajstić information content (AvgIpc) is 2.91. The Kier molecular flexibility index (Phi) is 8.36. The van der Waals surface area contributed by atoms with E-state index in [-0.39, 0.29) is 18.4 Å². The van der Waals surface area contributed by atoms with E-state index in [4.69, 9.17) is 10.00 Å². The van der Waals surface area contributed by atoms with Crippen molar-refractivity contribution >= 4 is 23.3 Å². The van der Waals surface area contributed by atoms with Crippen LogP contribution in [0.5, 0.6) is 0 Å². The minimum absolute atomic E-state index is 0.0588. The van der Waals surface area contributed by atoms with Crippen molar-refractivity contribution in [3.8, 4) is 6.07 Å². The summed E-state index contributed by atoms with van der Waals surface area (Å²) in [7, 11) is 0. The van der Waals surface area contributed by atoms with Crippen LogP contribution >= 0.6 is 0 Å². The minimum Gasteiger partial charge on any atom is -0.465 e. The average molecular weight is 482 g/mol. The number of rotatable bonds is 9. The van der Waals surface area contributed by atoms with E-state index < -0.39 is 0 Å². The van der Waals surface area contributed by atoms with E-state index in [1.165, 1.54) is 0 Å². The zero-order valence-corrected chi connectivity index (χ0v) is 20.7. The number of ether oxygens (including phenoxy) is 1. The third-order valence-electron chi connectivity index (χ3n) is 6.39. The summed E-state index contributed by atoms with van der Waals surface area (Å²) in [5.41, 5.74) is 5.60. The van der Waals surface area contributed by atoms with Gasteiger partial charge >= 0.3 is 5.97 Å². The molecule has 6 heteroatoms. The number of nitrogens with zero attached hydrogens (tertiary/aromatic N) is 3. The molecule has 0 unspecified atom stereocenters. The van der Waals surface area contributed by atoms with Gasteiger partial charge in [0.15, 0.2) is 0 Å². The Morgan fingerprint density at radius 2 is 1.78 bits per heavy atom. The lowest BCUT2D eigenvalue weighted by atomic mass is 9.98. The fraction of sp³-hybridized carbons (Fsp3) is 0.300. The lowest BCUT2D eigenvalue weighted by Crippen LogP contribution is -2.38. The fourth-order valence-electron chi connectivity index (χ4n) is 4.66. The van der Waals surface area contributed by atoms with Gasteiger partial charge in [0.2, 0.25) is 5.91 Å².